The van der Waals surface area contributed by atoms with Crippen LogP contribution in [0.3, 0.4) is 0 Å². The smallest absolute Gasteiger partial charge is 0.126 e. The number of fused-ring (bicyclic) bond motifs is 3. The zero-order valence-corrected chi connectivity index (χ0v) is 16.5. The van der Waals surface area contributed by atoms with Crippen molar-refractivity contribution < 1.29 is 9.84 Å². The van der Waals surface area contributed by atoms with Gasteiger partial charge in [-0.1, -0.05) is 38.8 Å². The molecule has 0 spiro atoms. The van der Waals surface area contributed by atoms with Gasteiger partial charge in [0.25, 0.3) is 0 Å². The number of unbranched alkanes of at least 4 members (excludes halogenated alkanes) is 2. The number of allylic oxidation sites excluding steroid dienone is 2. The second-order valence-electron chi connectivity index (χ2n) is 7.99. The first-order valence-corrected chi connectivity index (χ1v) is 10.6. The van der Waals surface area contributed by atoms with Crippen LogP contribution in [0, 0.1) is 5.92 Å². The third-order valence-electron chi connectivity index (χ3n) is 5.94. The lowest BCUT2D eigenvalue weighted by Gasteiger charge is -2.41. The molecule has 3 heteroatoms. The van der Waals surface area contributed by atoms with Crippen LogP contribution in [0.1, 0.15) is 75.8 Å². The molecule has 3 atom stereocenters. The third kappa shape index (κ3) is 4.62. The van der Waals surface area contributed by atoms with E-state index in [-0.39, 0.29) is 0 Å². The molecule has 1 fully saturated rings. The lowest BCUT2D eigenvalue weighted by atomic mass is 9.72. The number of nitrogens with one attached hydrogen (secondary N) is 1. The fourth-order valence-corrected chi connectivity index (χ4v) is 4.43. The molecule has 1 aromatic carbocycles. The highest BCUT2D eigenvalue weighted by Crippen LogP contribution is 2.49. The minimum Gasteiger partial charge on any atom is -0.508 e. The van der Waals surface area contributed by atoms with Gasteiger partial charge in [-0.15, -0.1) is 0 Å². The SMILES string of the molecule is CCC/C=C/Cc1cc(O)c2c(c1)OCC1CCC(NCCCC)CC21. The fraction of sp³-hybridized carbons (Fsp3) is 0.652. The minimum absolute atomic E-state index is 0.427. The van der Waals surface area contributed by atoms with E-state index in [9.17, 15) is 5.11 Å². The summed E-state index contributed by atoms with van der Waals surface area (Å²) in [6.45, 7) is 6.33. The summed E-state index contributed by atoms with van der Waals surface area (Å²) in [5, 5.41) is 14.5. The van der Waals surface area contributed by atoms with Gasteiger partial charge in [0, 0.05) is 17.5 Å². The molecule has 1 saturated carbocycles. The molecule has 2 N–H and O–H groups in total. The highest BCUT2D eigenvalue weighted by atomic mass is 16.5. The molecule has 0 amide bonds. The van der Waals surface area contributed by atoms with E-state index in [4.69, 9.17) is 4.74 Å². The molecule has 3 unspecified atom stereocenters. The lowest BCUT2D eigenvalue weighted by Crippen LogP contribution is -2.40. The molecular formula is C23H35NO2. The Morgan fingerprint density at radius 2 is 2.08 bits per heavy atom. The van der Waals surface area contributed by atoms with E-state index in [1.165, 1.54) is 32.1 Å². The van der Waals surface area contributed by atoms with Gasteiger partial charge < -0.3 is 15.2 Å². The van der Waals surface area contributed by atoms with Gasteiger partial charge in [0.15, 0.2) is 0 Å². The van der Waals surface area contributed by atoms with Gasteiger partial charge in [0.2, 0.25) is 0 Å². The van der Waals surface area contributed by atoms with E-state index in [0.29, 0.717) is 23.6 Å². The van der Waals surface area contributed by atoms with Crippen LogP contribution in [0.15, 0.2) is 24.3 Å². The number of rotatable bonds is 8. The van der Waals surface area contributed by atoms with E-state index < -0.39 is 0 Å². The van der Waals surface area contributed by atoms with Gasteiger partial charge in [0.1, 0.15) is 11.5 Å². The van der Waals surface area contributed by atoms with Crippen LogP contribution in [0.4, 0.5) is 0 Å². The molecule has 1 aromatic rings. The Labute approximate surface area is 158 Å². The second kappa shape index (κ2) is 9.45. The first kappa shape index (κ1) is 19.3. The van der Waals surface area contributed by atoms with Gasteiger partial charge in [-0.05, 0) is 68.7 Å². The topological polar surface area (TPSA) is 41.5 Å². The molecule has 3 nitrogen and oxygen atoms in total. The predicted octanol–water partition coefficient (Wildman–Crippen LogP) is 5.33. The van der Waals surface area contributed by atoms with Crippen LogP contribution >= 0.6 is 0 Å². The van der Waals surface area contributed by atoms with Gasteiger partial charge in [-0.3, -0.25) is 0 Å². The van der Waals surface area contributed by atoms with Crippen molar-refractivity contribution in [2.24, 2.45) is 5.92 Å². The van der Waals surface area contributed by atoms with Crippen molar-refractivity contribution in [3.63, 3.8) is 0 Å². The van der Waals surface area contributed by atoms with E-state index >= 15 is 0 Å². The van der Waals surface area contributed by atoms with Crippen molar-refractivity contribution in [1.29, 1.82) is 0 Å². The Kier molecular flexibility index (Phi) is 7.01. The lowest BCUT2D eigenvalue weighted by molar-refractivity contribution is 0.138. The molecule has 144 valence electrons. The molecule has 1 aliphatic carbocycles. The Hall–Kier alpha value is -1.48. The average Bonchev–Trinajstić information content (AvgIpc) is 2.65. The van der Waals surface area contributed by atoms with Crippen molar-refractivity contribution in [2.45, 2.75) is 77.2 Å². The quantitative estimate of drug-likeness (QED) is 0.488. The molecular weight excluding hydrogens is 322 g/mol. The highest BCUT2D eigenvalue weighted by molar-refractivity contribution is 5.51. The molecule has 0 aromatic heterocycles. The van der Waals surface area contributed by atoms with Gasteiger partial charge >= 0.3 is 0 Å². The number of benzene rings is 1. The van der Waals surface area contributed by atoms with Crippen LogP contribution in [0.25, 0.3) is 0 Å². The molecule has 26 heavy (non-hydrogen) atoms. The monoisotopic (exact) mass is 357 g/mol. The first-order chi connectivity index (χ1) is 12.7. The standard InChI is InChI=1S/C23H35NO2/c1-3-5-7-8-9-17-13-21(25)23-20-15-19(24-12-6-4-2)11-10-18(20)16-26-22(23)14-17/h7-8,13-14,18-20,24-25H,3-6,9-12,15-16H2,1-2H3/b8-7+. The first-order valence-electron chi connectivity index (χ1n) is 10.6. The number of aromatic hydroxyl groups is 1. The summed E-state index contributed by atoms with van der Waals surface area (Å²) in [4.78, 5) is 0. The Balaban J connectivity index is 1.71. The summed E-state index contributed by atoms with van der Waals surface area (Å²) in [6.07, 6.45) is 13.6. The van der Waals surface area contributed by atoms with E-state index in [2.05, 4.69) is 37.4 Å². The Morgan fingerprint density at radius 3 is 2.88 bits per heavy atom. The van der Waals surface area contributed by atoms with E-state index in [1.807, 2.05) is 6.07 Å². The van der Waals surface area contributed by atoms with Crippen LogP contribution in [0.5, 0.6) is 11.5 Å². The molecule has 3 rings (SSSR count). The maximum Gasteiger partial charge on any atom is 0.126 e. The summed E-state index contributed by atoms with van der Waals surface area (Å²) in [6, 6.07) is 4.68. The van der Waals surface area contributed by atoms with Gasteiger partial charge in [-0.2, -0.15) is 0 Å². The number of hydrogen-bond acceptors (Lipinski definition) is 3. The van der Waals surface area contributed by atoms with Crippen molar-refractivity contribution in [1.82, 2.24) is 5.32 Å². The van der Waals surface area contributed by atoms with Crippen molar-refractivity contribution in [3.8, 4) is 11.5 Å². The van der Waals surface area contributed by atoms with Gasteiger partial charge in [0.05, 0.1) is 6.61 Å². The average molecular weight is 358 g/mol. The van der Waals surface area contributed by atoms with Crippen molar-refractivity contribution >= 4 is 0 Å². The summed E-state index contributed by atoms with van der Waals surface area (Å²) in [5.41, 5.74) is 2.20. The Bertz CT molecular complexity index is 610. The van der Waals surface area contributed by atoms with Crippen LogP contribution in [-0.2, 0) is 6.42 Å². The predicted molar refractivity (Wildman–Crippen MR) is 108 cm³/mol. The molecule has 0 saturated heterocycles. The van der Waals surface area contributed by atoms with Crippen LogP contribution < -0.4 is 10.1 Å². The zero-order chi connectivity index (χ0) is 18.4. The molecule has 2 aliphatic rings. The molecule has 0 bridgehead atoms. The maximum atomic E-state index is 10.8. The van der Waals surface area contributed by atoms with E-state index in [0.717, 1.165) is 49.3 Å². The number of phenolic OH excluding ortho intramolecular Hbond substituents is 1. The molecule has 0 radical (unpaired) electrons. The summed E-state index contributed by atoms with van der Waals surface area (Å²) < 4.78 is 6.07. The summed E-state index contributed by atoms with van der Waals surface area (Å²) in [5.74, 6) is 2.33. The van der Waals surface area contributed by atoms with Crippen molar-refractivity contribution in [2.75, 3.05) is 13.2 Å². The Morgan fingerprint density at radius 1 is 1.19 bits per heavy atom. The highest BCUT2D eigenvalue weighted by Gasteiger charge is 2.38. The second-order valence-corrected chi connectivity index (χ2v) is 7.99. The normalized spacial score (nSPS) is 24.9. The number of phenols is 1. The van der Waals surface area contributed by atoms with Gasteiger partial charge in [-0.25, -0.2) is 0 Å². The fourth-order valence-electron chi connectivity index (χ4n) is 4.43. The van der Waals surface area contributed by atoms with Crippen LogP contribution in [-0.4, -0.2) is 24.3 Å². The molecule has 1 aliphatic heterocycles. The number of hydrogen-bond donors (Lipinski definition) is 2. The minimum atomic E-state index is 0.427. The zero-order valence-electron chi connectivity index (χ0n) is 16.5. The van der Waals surface area contributed by atoms with E-state index in [1.54, 1.807) is 0 Å². The maximum absolute atomic E-state index is 10.8. The summed E-state index contributed by atoms with van der Waals surface area (Å²) >= 11 is 0. The van der Waals surface area contributed by atoms with Crippen LogP contribution in [0.2, 0.25) is 0 Å². The largest absolute Gasteiger partial charge is 0.508 e. The number of ether oxygens (including phenoxy) is 1. The molecule has 1 heterocycles. The van der Waals surface area contributed by atoms with Crippen molar-refractivity contribution in [3.05, 3.63) is 35.4 Å². The summed E-state index contributed by atoms with van der Waals surface area (Å²) in [7, 11) is 0. The third-order valence-corrected chi connectivity index (χ3v) is 5.94.